The Bertz CT molecular complexity index is 714. The highest BCUT2D eigenvalue weighted by Gasteiger charge is 2.26. The molecule has 6 heteroatoms. The minimum atomic E-state index is -0.882. The number of hydrogen-bond donors (Lipinski definition) is 1. The van der Waals surface area contributed by atoms with Gasteiger partial charge in [-0.15, -0.1) is 0 Å². The van der Waals surface area contributed by atoms with Crippen LogP contribution >= 0.6 is 0 Å². The third-order valence-corrected chi connectivity index (χ3v) is 4.09. The van der Waals surface area contributed by atoms with Crippen molar-refractivity contribution in [2.24, 2.45) is 0 Å². The van der Waals surface area contributed by atoms with E-state index in [1.807, 2.05) is 0 Å². The number of halogens is 2. The smallest absolute Gasteiger partial charge is 0.257 e. The number of carbonyl (C=O) groups excluding carboxylic acids is 1. The molecule has 2 aromatic rings. The maximum atomic E-state index is 13.3. The fraction of sp³-hybridized carbons (Fsp3) is 0.353. The fourth-order valence-electron chi connectivity index (χ4n) is 2.88. The van der Waals surface area contributed by atoms with E-state index in [2.05, 4.69) is 5.32 Å². The van der Waals surface area contributed by atoms with Crippen LogP contribution in [0.4, 0.5) is 14.5 Å². The topological polar surface area (TPSA) is 45.5 Å². The van der Waals surface area contributed by atoms with Gasteiger partial charge in [-0.05, 0) is 38.0 Å². The number of furan rings is 1. The van der Waals surface area contributed by atoms with E-state index in [1.165, 1.54) is 12.3 Å². The number of nitrogens with zero attached hydrogens (tertiary/aromatic N) is 1. The molecule has 1 N–H and O–H groups in total. The van der Waals surface area contributed by atoms with E-state index in [9.17, 15) is 13.6 Å². The number of nitrogens with one attached hydrogen (secondary N) is 1. The van der Waals surface area contributed by atoms with Gasteiger partial charge in [0.25, 0.3) is 5.91 Å². The second-order valence-corrected chi connectivity index (χ2v) is 5.75. The maximum Gasteiger partial charge on any atom is 0.257 e. The Morgan fingerprint density at radius 2 is 2.13 bits per heavy atom. The van der Waals surface area contributed by atoms with E-state index in [0.717, 1.165) is 25.0 Å². The fourth-order valence-corrected chi connectivity index (χ4v) is 2.88. The molecule has 0 unspecified atom stereocenters. The number of amides is 1. The van der Waals surface area contributed by atoms with Gasteiger partial charge in [-0.25, -0.2) is 8.78 Å². The van der Waals surface area contributed by atoms with Gasteiger partial charge in [0.1, 0.15) is 5.76 Å². The molecule has 0 bridgehead atoms. The first-order valence-electron chi connectivity index (χ1n) is 7.59. The third-order valence-electron chi connectivity index (χ3n) is 4.09. The lowest BCUT2D eigenvalue weighted by atomic mass is 10.0. The third kappa shape index (κ3) is 3.36. The van der Waals surface area contributed by atoms with E-state index in [0.29, 0.717) is 30.1 Å². The highest BCUT2D eigenvalue weighted by Crippen LogP contribution is 2.20. The van der Waals surface area contributed by atoms with Crippen LogP contribution < -0.4 is 5.32 Å². The summed E-state index contributed by atoms with van der Waals surface area (Å²) in [5.41, 5.74) is 1.08. The molecule has 1 amide bonds. The molecule has 0 spiro atoms. The van der Waals surface area contributed by atoms with Crippen LogP contribution in [-0.4, -0.2) is 29.9 Å². The standard InChI is InChI=1S/C17H18F2N2O2/c1-11-14(6-8-23-11)17(22)21-7-2-3-13(10-21)20-12-4-5-15(18)16(19)9-12/h4-6,8-9,13,20H,2-3,7,10H2,1H3/t13-/m1/s1. The number of aryl methyl sites for hydroxylation is 1. The summed E-state index contributed by atoms with van der Waals surface area (Å²) in [6.45, 7) is 2.95. The number of benzene rings is 1. The maximum absolute atomic E-state index is 13.3. The summed E-state index contributed by atoms with van der Waals surface area (Å²) in [5, 5.41) is 3.17. The Hall–Kier alpha value is -2.37. The van der Waals surface area contributed by atoms with Crippen LogP contribution in [0.3, 0.4) is 0 Å². The first-order valence-corrected chi connectivity index (χ1v) is 7.59. The summed E-state index contributed by atoms with van der Waals surface area (Å²) in [7, 11) is 0. The van der Waals surface area contributed by atoms with Gasteiger partial charge in [0.05, 0.1) is 11.8 Å². The lowest BCUT2D eigenvalue weighted by Crippen LogP contribution is -2.45. The van der Waals surface area contributed by atoms with Crippen molar-refractivity contribution in [3.8, 4) is 0 Å². The predicted molar refractivity (Wildman–Crippen MR) is 82.4 cm³/mol. The largest absolute Gasteiger partial charge is 0.469 e. The molecule has 1 aromatic carbocycles. The molecule has 3 rings (SSSR count). The van der Waals surface area contributed by atoms with E-state index >= 15 is 0 Å². The van der Waals surface area contributed by atoms with Crippen molar-refractivity contribution in [2.45, 2.75) is 25.8 Å². The number of rotatable bonds is 3. The average molecular weight is 320 g/mol. The lowest BCUT2D eigenvalue weighted by molar-refractivity contribution is 0.0713. The van der Waals surface area contributed by atoms with Crippen LogP contribution in [0.1, 0.15) is 29.0 Å². The number of piperidine rings is 1. The van der Waals surface area contributed by atoms with Crippen LogP contribution in [0.25, 0.3) is 0 Å². The quantitative estimate of drug-likeness (QED) is 0.940. The molecule has 4 nitrogen and oxygen atoms in total. The van der Waals surface area contributed by atoms with E-state index in [-0.39, 0.29) is 11.9 Å². The highest BCUT2D eigenvalue weighted by atomic mass is 19.2. The molecule has 1 fully saturated rings. The molecule has 0 aliphatic carbocycles. The summed E-state index contributed by atoms with van der Waals surface area (Å²) in [6, 6.07) is 5.41. The second kappa shape index (κ2) is 6.40. The summed E-state index contributed by atoms with van der Waals surface area (Å²) in [6.07, 6.45) is 3.22. The Balaban J connectivity index is 1.67. The van der Waals surface area contributed by atoms with Crippen molar-refractivity contribution in [1.82, 2.24) is 4.90 Å². The lowest BCUT2D eigenvalue weighted by Gasteiger charge is -2.33. The van der Waals surface area contributed by atoms with Gasteiger partial charge in [-0.1, -0.05) is 0 Å². The highest BCUT2D eigenvalue weighted by molar-refractivity contribution is 5.95. The second-order valence-electron chi connectivity index (χ2n) is 5.75. The summed E-state index contributed by atoms with van der Waals surface area (Å²) >= 11 is 0. The zero-order valence-electron chi connectivity index (χ0n) is 12.8. The minimum absolute atomic E-state index is 0.00442. The zero-order valence-corrected chi connectivity index (χ0v) is 12.8. The number of hydrogen-bond acceptors (Lipinski definition) is 3. The van der Waals surface area contributed by atoms with Crippen LogP contribution in [0.15, 0.2) is 34.9 Å². The Morgan fingerprint density at radius 3 is 2.83 bits per heavy atom. The normalized spacial score (nSPS) is 18.0. The van der Waals surface area contributed by atoms with Gasteiger partial charge in [-0.3, -0.25) is 4.79 Å². The Kier molecular flexibility index (Phi) is 4.32. The van der Waals surface area contributed by atoms with Gasteiger partial charge in [0.2, 0.25) is 0 Å². The first kappa shape index (κ1) is 15.5. The predicted octanol–water partition coefficient (Wildman–Crippen LogP) is 3.58. The number of anilines is 1. The van der Waals surface area contributed by atoms with Gasteiger partial charge < -0.3 is 14.6 Å². The summed E-state index contributed by atoms with van der Waals surface area (Å²) in [4.78, 5) is 14.3. The van der Waals surface area contributed by atoms with Gasteiger partial charge in [0.15, 0.2) is 11.6 Å². The van der Waals surface area contributed by atoms with Crippen molar-refractivity contribution >= 4 is 11.6 Å². The van der Waals surface area contributed by atoms with E-state index < -0.39 is 11.6 Å². The summed E-state index contributed by atoms with van der Waals surface area (Å²) in [5.74, 6) is -1.21. The van der Waals surface area contributed by atoms with Gasteiger partial charge in [-0.2, -0.15) is 0 Å². The van der Waals surface area contributed by atoms with Crippen molar-refractivity contribution < 1.29 is 18.0 Å². The number of likely N-dealkylation sites (tertiary alicyclic amines) is 1. The first-order chi connectivity index (χ1) is 11.0. The van der Waals surface area contributed by atoms with Crippen molar-refractivity contribution in [1.29, 1.82) is 0 Å². The van der Waals surface area contributed by atoms with E-state index in [1.54, 1.807) is 17.9 Å². The monoisotopic (exact) mass is 320 g/mol. The molecular weight excluding hydrogens is 302 g/mol. The SMILES string of the molecule is Cc1occc1C(=O)N1CCC[C@@H](Nc2ccc(F)c(F)c2)C1. The van der Waals surface area contributed by atoms with Gasteiger partial charge in [0, 0.05) is 30.9 Å². The van der Waals surface area contributed by atoms with Crippen LogP contribution in [0, 0.1) is 18.6 Å². The molecule has 1 aliphatic heterocycles. The molecule has 1 aromatic heterocycles. The zero-order chi connectivity index (χ0) is 16.4. The van der Waals surface area contributed by atoms with Crippen molar-refractivity contribution in [2.75, 3.05) is 18.4 Å². The average Bonchev–Trinajstić information content (AvgIpc) is 2.96. The molecule has 1 saturated heterocycles. The van der Waals surface area contributed by atoms with Crippen LogP contribution in [0.5, 0.6) is 0 Å². The van der Waals surface area contributed by atoms with Crippen molar-refractivity contribution in [3.63, 3.8) is 0 Å². The molecule has 2 heterocycles. The minimum Gasteiger partial charge on any atom is -0.469 e. The molecule has 0 radical (unpaired) electrons. The summed E-state index contributed by atoms with van der Waals surface area (Å²) < 4.78 is 31.4. The number of carbonyl (C=O) groups is 1. The molecular formula is C17H18F2N2O2. The van der Waals surface area contributed by atoms with Gasteiger partial charge >= 0.3 is 0 Å². The molecule has 1 aliphatic rings. The molecule has 23 heavy (non-hydrogen) atoms. The van der Waals surface area contributed by atoms with Crippen LogP contribution in [-0.2, 0) is 0 Å². The Morgan fingerprint density at radius 1 is 1.30 bits per heavy atom. The molecule has 0 saturated carbocycles. The van der Waals surface area contributed by atoms with Crippen LogP contribution in [0.2, 0.25) is 0 Å². The Labute approximate surface area is 133 Å². The molecule has 1 atom stereocenters. The van der Waals surface area contributed by atoms with Crippen molar-refractivity contribution in [3.05, 3.63) is 53.5 Å². The van der Waals surface area contributed by atoms with E-state index in [4.69, 9.17) is 4.42 Å². The molecule has 122 valence electrons.